The van der Waals surface area contributed by atoms with Crippen LogP contribution in [0.4, 0.5) is 0 Å². The molecule has 5 nitrogen and oxygen atoms in total. The zero-order chi connectivity index (χ0) is 18.8. The van der Waals surface area contributed by atoms with Crippen LogP contribution in [0.5, 0.6) is 0 Å². The van der Waals surface area contributed by atoms with Crippen LogP contribution >= 0.6 is 23.1 Å². The maximum Gasteiger partial charge on any atom is 0.339 e. The minimum absolute atomic E-state index is 0.198. The Morgan fingerprint density at radius 3 is 2.81 bits per heavy atom. The highest BCUT2D eigenvalue weighted by Gasteiger charge is 2.20. The number of aromatic amines is 1. The number of thioether (sulfide) groups is 1. The maximum atomic E-state index is 12.6. The van der Waals surface area contributed by atoms with Crippen LogP contribution in [-0.2, 0) is 4.74 Å². The first-order chi connectivity index (χ1) is 12.4. The lowest BCUT2D eigenvalue weighted by atomic mass is 10.2. The summed E-state index contributed by atoms with van der Waals surface area (Å²) in [4.78, 5) is 34.9. The highest BCUT2D eigenvalue weighted by Crippen LogP contribution is 2.28. The van der Waals surface area contributed by atoms with E-state index in [2.05, 4.69) is 9.97 Å². The zero-order valence-electron chi connectivity index (χ0n) is 15.1. The molecule has 0 spiro atoms. The van der Waals surface area contributed by atoms with Crippen LogP contribution in [0.15, 0.2) is 34.0 Å². The first kappa shape index (κ1) is 18.7. The van der Waals surface area contributed by atoms with Gasteiger partial charge in [0.2, 0.25) is 0 Å². The number of nitrogens with zero attached hydrogens (tertiary/aromatic N) is 1. The third kappa shape index (κ3) is 3.54. The van der Waals surface area contributed by atoms with Crippen molar-refractivity contribution < 1.29 is 9.53 Å². The van der Waals surface area contributed by atoms with Gasteiger partial charge < -0.3 is 9.72 Å². The van der Waals surface area contributed by atoms with Gasteiger partial charge in [0, 0.05) is 9.77 Å². The van der Waals surface area contributed by atoms with Crippen LogP contribution in [0, 0.1) is 13.8 Å². The molecule has 7 heteroatoms. The Kier molecular flexibility index (Phi) is 5.48. The summed E-state index contributed by atoms with van der Waals surface area (Å²) < 4.78 is 5.57. The summed E-state index contributed by atoms with van der Waals surface area (Å²) in [6, 6.07) is 7.36. The molecule has 0 saturated heterocycles. The molecule has 0 aliphatic heterocycles. The van der Waals surface area contributed by atoms with E-state index in [-0.39, 0.29) is 5.56 Å². The Hall–Kier alpha value is -2.12. The third-order valence-corrected chi connectivity index (χ3v) is 6.19. The Morgan fingerprint density at radius 2 is 2.08 bits per heavy atom. The summed E-state index contributed by atoms with van der Waals surface area (Å²) in [5.74, 6) is 0.802. The Balaban J connectivity index is 1.89. The van der Waals surface area contributed by atoms with E-state index in [4.69, 9.17) is 4.74 Å². The van der Waals surface area contributed by atoms with E-state index >= 15 is 0 Å². The summed E-state index contributed by atoms with van der Waals surface area (Å²) in [5.41, 5.74) is 1.27. The van der Waals surface area contributed by atoms with Gasteiger partial charge in [-0.3, -0.25) is 4.79 Å². The Labute approximate surface area is 159 Å². The number of hydrogen-bond donors (Lipinski definition) is 1. The number of H-pyrrole nitrogens is 1. The lowest BCUT2D eigenvalue weighted by Gasteiger charge is -2.14. The molecule has 0 fully saturated rings. The summed E-state index contributed by atoms with van der Waals surface area (Å²) >= 11 is 3.06. The van der Waals surface area contributed by atoms with Crippen LogP contribution in [0.1, 0.15) is 46.6 Å². The van der Waals surface area contributed by atoms with Gasteiger partial charge in [-0.2, -0.15) is 0 Å². The molecule has 3 aromatic rings. The SMILES string of the molecule is CCSc1ccccc1C(=O)O[C@@H](C)c1nc2sc(C)c(C)c2c(=O)[nH]1. The van der Waals surface area contributed by atoms with Gasteiger partial charge in [0.25, 0.3) is 5.56 Å². The second-order valence-electron chi connectivity index (χ2n) is 5.89. The highest BCUT2D eigenvalue weighted by molar-refractivity contribution is 7.99. The van der Waals surface area contributed by atoms with Crippen molar-refractivity contribution in [2.45, 2.75) is 38.7 Å². The molecule has 1 atom stereocenters. The van der Waals surface area contributed by atoms with Crippen LogP contribution in [0.3, 0.4) is 0 Å². The fourth-order valence-electron chi connectivity index (χ4n) is 2.66. The molecular formula is C19H20N2O3S2. The molecule has 0 unspecified atom stereocenters. The number of nitrogens with one attached hydrogen (secondary N) is 1. The normalized spacial score (nSPS) is 12.3. The van der Waals surface area contributed by atoms with Crippen molar-refractivity contribution in [2.24, 2.45) is 0 Å². The minimum Gasteiger partial charge on any atom is -0.451 e. The summed E-state index contributed by atoms with van der Waals surface area (Å²) in [6.07, 6.45) is -0.651. The van der Waals surface area contributed by atoms with Crippen molar-refractivity contribution in [3.05, 3.63) is 56.4 Å². The topological polar surface area (TPSA) is 72.0 Å². The first-order valence-corrected chi connectivity index (χ1v) is 10.1. The van der Waals surface area contributed by atoms with Crippen molar-refractivity contribution in [3.8, 4) is 0 Å². The van der Waals surface area contributed by atoms with Crippen molar-refractivity contribution in [2.75, 3.05) is 5.75 Å². The summed E-state index contributed by atoms with van der Waals surface area (Å²) in [5, 5.41) is 0.611. The number of aromatic nitrogens is 2. The predicted molar refractivity (Wildman–Crippen MR) is 106 cm³/mol. The molecule has 0 aliphatic carbocycles. The number of esters is 1. The van der Waals surface area contributed by atoms with E-state index in [0.29, 0.717) is 21.6 Å². The van der Waals surface area contributed by atoms with Crippen molar-refractivity contribution in [1.29, 1.82) is 0 Å². The number of fused-ring (bicyclic) bond motifs is 1. The molecule has 2 aromatic heterocycles. The minimum atomic E-state index is -0.651. The third-order valence-electron chi connectivity index (χ3n) is 4.13. The van der Waals surface area contributed by atoms with Crippen LogP contribution in [0.2, 0.25) is 0 Å². The van der Waals surface area contributed by atoms with E-state index in [1.807, 2.05) is 39.0 Å². The van der Waals surface area contributed by atoms with Gasteiger partial charge >= 0.3 is 5.97 Å². The Bertz CT molecular complexity index is 1020. The molecule has 1 aromatic carbocycles. The average molecular weight is 389 g/mol. The fraction of sp³-hybridized carbons (Fsp3) is 0.316. The van der Waals surface area contributed by atoms with Crippen LogP contribution in [-0.4, -0.2) is 21.7 Å². The number of thiophene rings is 1. The lowest BCUT2D eigenvalue weighted by molar-refractivity contribution is 0.0316. The lowest BCUT2D eigenvalue weighted by Crippen LogP contribution is -2.17. The standard InChI is InChI=1S/C19H20N2O3S2/c1-5-25-14-9-7-6-8-13(14)19(23)24-11(3)16-20-17(22)15-10(2)12(4)26-18(15)21-16/h6-9,11H,5H2,1-4H3,(H,20,21,22)/t11-/m0/s1. The number of benzene rings is 1. The second-order valence-corrected chi connectivity index (χ2v) is 8.40. The molecule has 136 valence electrons. The van der Waals surface area contributed by atoms with E-state index in [0.717, 1.165) is 21.1 Å². The van der Waals surface area contributed by atoms with Gasteiger partial charge in [-0.1, -0.05) is 19.1 Å². The van der Waals surface area contributed by atoms with E-state index in [1.165, 1.54) is 11.3 Å². The molecule has 0 amide bonds. The molecule has 1 N–H and O–H groups in total. The number of ether oxygens (including phenoxy) is 1. The predicted octanol–water partition coefficient (Wildman–Crippen LogP) is 4.63. The molecule has 2 heterocycles. The van der Waals surface area contributed by atoms with Gasteiger partial charge in [0.15, 0.2) is 11.9 Å². The zero-order valence-corrected chi connectivity index (χ0v) is 16.7. The molecule has 26 heavy (non-hydrogen) atoms. The monoisotopic (exact) mass is 388 g/mol. The van der Waals surface area contributed by atoms with Crippen molar-refractivity contribution >= 4 is 39.3 Å². The molecule has 3 rings (SSSR count). The molecule has 0 saturated carbocycles. The average Bonchev–Trinajstić information content (AvgIpc) is 2.90. The number of carbonyl (C=O) groups is 1. The van der Waals surface area contributed by atoms with Gasteiger partial charge in [-0.25, -0.2) is 9.78 Å². The van der Waals surface area contributed by atoms with Crippen LogP contribution < -0.4 is 5.56 Å². The maximum absolute atomic E-state index is 12.6. The summed E-state index contributed by atoms with van der Waals surface area (Å²) in [7, 11) is 0. The largest absolute Gasteiger partial charge is 0.451 e. The van der Waals surface area contributed by atoms with Gasteiger partial charge in [-0.05, 0) is 44.2 Å². The van der Waals surface area contributed by atoms with Crippen molar-refractivity contribution in [1.82, 2.24) is 9.97 Å². The molecule has 0 bridgehead atoms. The van der Waals surface area contributed by atoms with Gasteiger partial charge in [0.1, 0.15) is 4.83 Å². The highest BCUT2D eigenvalue weighted by atomic mass is 32.2. The van der Waals surface area contributed by atoms with Crippen molar-refractivity contribution in [3.63, 3.8) is 0 Å². The number of aryl methyl sites for hydroxylation is 2. The van der Waals surface area contributed by atoms with Gasteiger partial charge in [-0.15, -0.1) is 23.1 Å². The molecular weight excluding hydrogens is 368 g/mol. The van der Waals surface area contributed by atoms with E-state index < -0.39 is 12.1 Å². The number of hydrogen-bond acceptors (Lipinski definition) is 6. The van der Waals surface area contributed by atoms with E-state index in [9.17, 15) is 9.59 Å². The number of rotatable bonds is 5. The summed E-state index contributed by atoms with van der Waals surface area (Å²) in [6.45, 7) is 7.62. The van der Waals surface area contributed by atoms with Crippen LogP contribution in [0.25, 0.3) is 10.2 Å². The number of carbonyl (C=O) groups excluding carboxylic acids is 1. The second kappa shape index (κ2) is 7.63. The molecule has 0 aliphatic rings. The smallest absolute Gasteiger partial charge is 0.339 e. The quantitative estimate of drug-likeness (QED) is 0.509. The Morgan fingerprint density at radius 1 is 1.35 bits per heavy atom. The fourth-order valence-corrected chi connectivity index (χ4v) is 4.49. The van der Waals surface area contributed by atoms with Gasteiger partial charge in [0.05, 0.1) is 10.9 Å². The first-order valence-electron chi connectivity index (χ1n) is 8.35. The molecule has 0 radical (unpaired) electrons. The van der Waals surface area contributed by atoms with E-state index in [1.54, 1.807) is 24.8 Å².